The van der Waals surface area contributed by atoms with Gasteiger partial charge in [-0.2, -0.15) is 0 Å². The Kier molecular flexibility index (Phi) is 9.24. The van der Waals surface area contributed by atoms with Gasteiger partial charge in [0.05, 0.1) is 13.1 Å². The topological polar surface area (TPSA) is 42.9 Å². The molecule has 3 nitrogen and oxygen atoms in total. The first kappa shape index (κ1) is 19.0. The smallest absolute Gasteiger partial charge is 0.306 e. The summed E-state index contributed by atoms with van der Waals surface area (Å²) >= 11 is 0. The first-order chi connectivity index (χ1) is 10.6. The van der Waals surface area contributed by atoms with E-state index in [2.05, 4.69) is 25.1 Å². The normalized spacial score (nSPS) is 16.2. The number of hydrogen-bond donors (Lipinski definition) is 1. The zero-order chi connectivity index (χ0) is 16.3. The predicted octanol–water partition coefficient (Wildman–Crippen LogP) is 3.04. The Hall–Kier alpha value is -1.01. The third-order valence-corrected chi connectivity index (χ3v) is 4.75. The van der Waals surface area contributed by atoms with Crippen LogP contribution < -0.4 is 5.32 Å². The number of piperidine rings is 1. The molecular weight excluding hydrogens is 274 g/mol. The van der Waals surface area contributed by atoms with Gasteiger partial charge < -0.3 is 10.1 Å². The van der Waals surface area contributed by atoms with Crippen molar-refractivity contribution in [3.63, 3.8) is 0 Å². The molecule has 126 valence electrons. The Bertz CT molecular complexity index is 351. The molecule has 0 aromatic rings. The number of ether oxygens (including phenoxy) is 1. The molecule has 0 radical (unpaired) electrons. The van der Waals surface area contributed by atoms with E-state index in [1.54, 1.807) is 0 Å². The third-order valence-electron chi connectivity index (χ3n) is 4.75. The van der Waals surface area contributed by atoms with Gasteiger partial charge in [-0.15, -0.1) is 12.3 Å². The van der Waals surface area contributed by atoms with Gasteiger partial charge in [0.25, 0.3) is 0 Å². The molecule has 1 rings (SSSR count). The van der Waals surface area contributed by atoms with Crippen LogP contribution in [0, 0.1) is 18.3 Å². The number of hydrogen-bond acceptors (Lipinski definition) is 2. The van der Waals surface area contributed by atoms with Crippen LogP contribution in [-0.2, 0) is 9.53 Å². The van der Waals surface area contributed by atoms with Crippen LogP contribution in [-0.4, -0.2) is 24.7 Å². The molecule has 0 atom stereocenters. The Morgan fingerprint density at radius 3 is 2.36 bits per heavy atom. The lowest BCUT2D eigenvalue weighted by atomic mass is 9.83. The minimum atomic E-state index is -0.305. The number of quaternary nitrogens is 1. The summed E-state index contributed by atoms with van der Waals surface area (Å²) in [7, 11) is 0. The van der Waals surface area contributed by atoms with Crippen LogP contribution in [0.5, 0.6) is 0 Å². The zero-order valence-electron chi connectivity index (χ0n) is 14.5. The fourth-order valence-electron chi connectivity index (χ4n) is 3.25. The Balaban J connectivity index is 2.08. The fourth-order valence-corrected chi connectivity index (χ4v) is 3.25. The lowest BCUT2D eigenvalue weighted by molar-refractivity contribution is -0.665. The van der Waals surface area contributed by atoms with Crippen LogP contribution >= 0.6 is 0 Å². The van der Waals surface area contributed by atoms with E-state index < -0.39 is 0 Å². The number of nitrogens with two attached hydrogens (primary N) is 1. The molecule has 1 fully saturated rings. The molecule has 0 bridgehead atoms. The Morgan fingerprint density at radius 2 is 1.73 bits per heavy atom. The molecule has 3 heteroatoms. The number of terminal acetylenes is 1. The van der Waals surface area contributed by atoms with Crippen molar-refractivity contribution in [1.82, 2.24) is 0 Å². The molecule has 1 aliphatic rings. The van der Waals surface area contributed by atoms with Gasteiger partial charge in [-0.05, 0) is 26.7 Å². The summed E-state index contributed by atoms with van der Waals surface area (Å²) in [6.07, 6.45) is 15.8. The SMILES string of the molecule is C#CCCCCCCCCC(=O)OC(C)(C)C1CC[NH2+]CC1. The standard InChI is InChI=1S/C19H33NO2/c1-4-5-6-7-8-9-10-11-12-18(21)22-19(2,3)17-13-15-20-16-14-17/h1,17,20H,5-16H2,2-3H3/p+1. The van der Waals surface area contributed by atoms with Crippen molar-refractivity contribution in [2.24, 2.45) is 5.92 Å². The largest absolute Gasteiger partial charge is 0.459 e. The lowest BCUT2D eigenvalue weighted by Gasteiger charge is -2.35. The second kappa shape index (κ2) is 10.7. The average molecular weight is 308 g/mol. The van der Waals surface area contributed by atoms with Crippen molar-refractivity contribution in [2.75, 3.05) is 13.1 Å². The highest BCUT2D eigenvalue weighted by Gasteiger charge is 2.35. The second-order valence-corrected chi connectivity index (χ2v) is 7.04. The summed E-state index contributed by atoms with van der Waals surface area (Å²) in [4.78, 5) is 12.0. The first-order valence-corrected chi connectivity index (χ1v) is 9.03. The van der Waals surface area contributed by atoms with Gasteiger partial charge in [0.1, 0.15) is 5.60 Å². The maximum Gasteiger partial charge on any atom is 0.306 e. The Morgan fingerprint density at radius 1 is 1.14 bits per heavy atom. The number of carbonyl (C=O) groups excluding carboxylic acids is 1. The molecular formula is C19H34NO2+. The molecule has 0 amide bonds. The summed E-state index contributed by atoms with van der Waals surface area (Å²) in [5.74, 6) is 3.16. The maximum absolute atomic E-state index is 12.0. The number of carbonyl (C=O) groups is 1. The summed E-state index contributed by atoms with van der Waals surface area (Å²) in [5.41, 5.74) is -0.305. The van der Waals surface area contributed by atoms with Gasteiger partial charge in [0, 0.05) is 31.6 Å². The first-order valence-electron chi connectivity index (χ1n) is 9.03. The highest BCUT2D eigenvalue weighted by atomic mass is 16.6. The highest BCUT2D eigenvalue weighted by molar-refractivity contribution is 5.69. The van der Waals surface area contributed by atoms with E-state index in [1.807, 2.05) is 0 Å². The summed E-state index contributed by atoms with van der Waals surface area (Å²) in [6.45, 7) is 6.47. The molecule has 1 heterocycles. The zero-order valence-corrected chi connectivity index (χ0v) is 14.5. The number of rotatable bonds is 10. The molecule has 0 aliphatic carbocycles. The van der Waals surface area contributed by atoms with Gasteiger partial charge >= 0.3 is 5.97 Å². The predicted molar refractivity (Wildman–Crippen MR) is 90.3 cm³/mol. The van der Waals surface area contributed by atoms with E-state index in [0.29, 0.717) is 12.3 Å². The van der Waals surface area contributed by atoms with E-state index in [-0.39, 0.29) is 11.6 Å². The summed E-state index contributed by atoms with van der Waals surface area (Å²) < 4.78 is 5.76. The van der Waals surface area contributed by atoms with Gasteiger partial charge in [0.2, 0.25) is 0 Å². The van der Waals surface area contributed by atoms with Crippen molar-refractivity contribution in [2.45, 2.75) is 83.7 Å². The van der Waals surface area contributed by atoms with Crippen LogP contribution in [0.1, 0.15) is 78.1 Å². The molecule has 0 unspecified atom stereocenters. The minimum Gasteiger partial charge on any atom is -0.459 e. The molecule has 2 N–H and O–H groups in total. The third kappa shape index (κ3) is 7.84. The van der Waals surface area contributed by atoms with Gasteiger partial charge in [-0.1, -0.05) is 25.7 Å². The molecule has 1 aliphatic heterocycles. The fraction of sp³-hybridized carbons (Fsp3) is 0.842. The van der Waals surface area contributed by atoms with Gasteiger partial charge in [-0.25, -0.2) is 0 Å². The van der Waals surface area contributed by atoms with E-state index in [1.165, 1.54) is 19.3 Å². The average Bonchev–Trinajstić information content (AvgIpc) is 2.50. The van der Waals surface area contributed by atoms with Crippen molar-refractivity contribution >= 4 is 5.97 Å². The van der Waals surface area contributed by atoms with E-state index in [4.69, 9.17) is 11.2 Å². The van der Waals surface area contributed by atoms with Crippen molar-refractivity contribution in [1.29, 1.82) is 0 Å². The van der Waals surface area contributed by atoms with Crippen LogP contribution in [0.25, 0.3) is 0 Å². The monoisotopic (exact) mass is 308 g/mol. The summed E-state index contributed by atoms with van der Waals surface area (Å²) in [5, 5.41) is 2.35. The van der Waals surface area contributed by atoms with E-state index >= 15 is 0 Å². The Labute approximate surface area is 136 Å². The highest BCUT2D eigenvalue weighted by Crippen LogP contribution is 2.28. The van der Waals surface area contributed by atoms with Crippen LogP contribution in [0.4, 0.5) is 0 Å². The minimum absolute atomic E-state index is 0.0214. The van der Waals surface area contributed by atoms with Gasteiger partial charge in [0.15, 0.2) is 0 Å². The van der Waals surface area contributed by atoms with E-state index in [0.717, 1.165) is 51.6 Å². The maximum atomic E-state index is 12.0. The molecule has 0 spiro atoms. The van der Waals surface area contributed by atoms with Crippen molar-refractivity contribution < 1.29 is 14.8 Å². The van der Waals surface area contributed by atoms with Gasteiger partial charge in [-0.3, -0.25) is 4.79 Å². The quantitative estimate of drug-likeness (QED) is 0.383. The van der Waals surface area contributed by atoms with Crippen LogP contribution in [0.15, 0.2) is 0 Å². The molecule has 0 aromatic heterocycles. The van der Waals surface area contributed by atoms with Crippen LogP contribution in [0.3, 0.4) is 0 Å². The molecule has 0 saturated carbocycles. The van der Waals surface area contributed by atoms with Crippen LogP contribution in [0.2, 0.25) is 0 Å². The number of unbranched alkanes of at least 4 members (excludes halogenated alkanes) is 6. The second-order valence-electron chi connectivity index (χ2n) is 7.04. The van der Waals surface area contributed by atoms with Crippen molar-refractivity contribution in [3.05, 3.63) is 0 Å². The van der Waals surface area contributed by atoms with E-state index in [9.17, 15) is 4.79 Å². The molecule has 0 aromatic carbocycles. The summed E-state index contributed by atoms with van der Waals surface area (Å²) in [6, 6.07) is 0. The molecule has 22 heavy (non-hydrogen) atoms. The van der Waals surface area contributed by atoms with Crippen molar-refractivity contribution in [3.8, 4) is 12.3 Å². The molecule has 1 saturated heterocycles. The number of esters is 1. The lowest BCUT2D eigenvalue weighted by Crippen LogP contribution is -2.86.